The highest BCUT2D eigenvalue weighted by molar-refractivity contribution is 7.89. The lowest BCUT2D eigenvalue weighted by molar-refractivity contribution is -0.385. The maximum absolute atomic E-state index is 11.4. The fourth-order valence-electron chi connectivity index (χ4n) is 2.06. The van der Waals surface area contributed by atoms with Gasteiger partial charge in [0, 0.05) is 36.6 Å². The smallest absolute Gasteiger partial charge is 0.272 e. The number of primary sulfonamides is 1. The molecule has 0 spiro atoms. The van der Waals surface area contributed by atoms with Gasteiger partial charge in [0.05, 0.1) is 9.82 Å². The Labute approximate surface area is 139 Å². The molecule has 0 aliphatic heterocycles. The van der Waals surface area contributed by atoms with Crippen molar-refractivity contribution in [1.29, 1.82) is 0 Å². The standard InChI is InChI=1S/C15H18N4O4S/c16-24(22,23)15-10-13(9-14(11-15)19(20)21)18-8-4-7-17-12-5-2-1-3-6-12/h1-3,5-6,9-11,17-18H,4,7-8H2,(H2,16,22,23). The van der Waals surface area contributed by atoms with Gasteiger partial charge in [-0.05, 0) is 24.6 Å². The lowest BCUT2D eigenvalue weighted by Crippen LogP contribution is -2.14. The number of sulfonamides is 1. The number of nitro groups is 1. The van der Waals surface area contributed by atoms with Crippen molar-refractivity contribution < 1.29 is 13.3 Å². The molecular formula is C15H18N4O4S. The summed E-state index contributed by atoms with van der Waals surface area (Å²) in [6, 6.07) is 13.2. The van der Waals surface area contributed by atoms with E-state index in [4.69, 9.17) is 5.14 Å². The van der Waals surface area contributed by atoms with Crippen molar-refractivity contribution in [3.63, 3.8) is 0 Å². The number of nitrogens with zero attached hydrogens (tertiary/aromatic N) is 1. The third kappa shape index (κ3) is 5.21. The van der Waals surface area contributed by atoms with Crippen LogP contribution in [-0.2, 0) is 10.0 Å². The zero-order valence-corrected chi connectivity index (χ0v) is 13.6. The first kappa shape index (κ1) is 17.7. The van der Waals surface area contributed by atoms with Gasteiger partial charge in [-0.2, -0.15) is 0 Å². The predicted octanol–water partition coefficient (Wildman–Crippen LogP) is 2.16. The van der Waals surface area contributed by atoms with Gasteiger partial charge in [0.15, 0.2) is 0 Å². The Bertz CT molecular complexity index is 809. The van der Waals surface area contributed by atoms with Crippen molar-refractivity contribution in [2.75, 3.05) is 23.7 Å². The fourth-order valence-corrected chi connectivity index (χ4v) is 2.64. The first-order chi connectivity index (χ1) is 11.4. The largest absolute Gasteiger partial charge is 0.385 e. The van der Waals surface area contributed by atoms with Gasteiger partial charge in [-0.1, -0.05) is 18.2 Å². The second-order valence-corrected chi connectivity index (χ2v) is 6.65. The van der Waals surface area contributed by atoms with E-state index in [2.05, 4.69) is 10.6 Å². The van der Waals surface area contributed by atoms with Crippen LogP contribution in [0.15, 0.2) is 53.4 Å². The quantitative estimate of drug-likeness (QED) is 0.380. The second kappa shape index (κ2) is 7.75. The average Bonchev–Trinajstić information content (AvgIpc) is 2.54. The maximum Gasteiger partial charge on any atom is 0.272 e. The van der Waals surface area contributed by atoms with E-state index in [0.29, 0.717) is 18.8 Å². The van der Waals surface area contributed by atoms with Crippen LogP contribution in [0.2, 0.25) is 0 Å². The first-order valence-corrected chi connectivity index (χ1v) is 8.76. The summed E-state index contributed by atoms with van der Waals surface area (Å²) in [6.45, 7) is 1.22. The van der Waals surface area contributed by atoms with Gasteiger partial charge in [-0.15, -0.1) is 0 Å². The lowest BCUT2D eigenvalue weighted by atomic mass is 10.2. The topological polar surface area (TPSA) is 127 Å². The highest BCUT2D eigenvalue weighted by atomic mass is 32.2. The molecule has 4 N–H and O–H groups in total. The summed E-state index contributed by atoms with van der Waals surface area (Å²) in [5.74, 6) is 0. The Morgan fingerprint density at radius 2 is 1.62 bits per heavy atom. The molecule has 2 aromatic rings. The summed E-state index contributed by atoms with van der Waals surface area (Å²) in [5.41, 5.74) is 1.02. The lowest BCUT2D eigenvalue weighted by Gasteiger charge is -2.09. The van der Waals surface area contributed by atoms with E-state index in [1.165, 1.54) is 12.1 Å². The molecule has 8 nitrogen and oxygen atoms in total. The molecule has 0 radical (unpaired) electrons. The van der Waals surface area contributed by atoms with Crippen LogP contribution in [0.4, 0.5) is 17.1 Å². The van der Waals surface area contributed by atoms with Gasteiger partial charge in [-0.3, -0.25) is 10.1 Å². The van der Waals surface area contributed by atoms with Gasteiger partial charge in [0.25, 0.3) is 5.69 Å². The van der Waals surface area contributed by atoms with Gasteiger partial charge < -0.3 is 10.6 Å². The first-order valence-electron chi connectivity index (χ1n) is 7.21. The predicted molar refractivity (Wildman–Crippen MR) is 92.5 cm³/mol. The number of hydrogen-bond donors (Lipinski definition) is 3. The van der Waals surface area contributed by atoms with E-state index >= 15 is 0 Å². The number of anilines is 2. The second-order valence-electron chi connectivity index (χ2n) is 5.09. The molecule has 0 atom stereocenters. The number of nitrogens with one attached hydrogen (secondary N) is 2. The van der Waals surface area contributed by atoms with Crippen molar-refractivity contribution in [3.05, 3.63) is 58.6 Å². The normalized spacial score (nSPS) is 11.0. The van der Waals surface area contributed by atoms with Crippen molar-refractivity contribution >= 4 is 27.1 Å². The highest BCUT2D eigenvalue weighted by Crippen LogP contribution is 2.23. The molecule has 128 valence electrons. The Kier molecular flexibility index (Phi) is 5.72. The number of nitrogens with two attached hydrogens (primary N) is 1. The van der Waals surface area contributed by atoms with Gasteiger partial charge in [-0.25, -0.2) is 13.6 Å². The van der Waals surface area contributed by atoms with Crippen molar-refractivity contribution in [1.82, 2.24) is 0 Å². The number of nitro benzene ring substituents is 1. The maximum atomic E-state index is 11.4. The van der Waals surface area contributed by atoms with Crippen LogP contribution in [0.1, 0.15) is 6.42 Å². The zero-order chi connectivity index (χ0) is 17.6. The van der Waals surface area contributed by atoms with Crippen LogP contribution in [0, 0.1) is 10.1 Å². The fraction of sp³-hybridized carbons (Fsp3) is 0.200. The van der Waals surface area contributed by atoms with Crippen LogP contribution in [0.25, 0.3) is 0 Å². The van der Waals surface area contributed by atoms with E-state index in [0.717, 1.165) is 18.2 Å². The van der Waals surface area contributed by atoms with Gasteiger partial charge >= 0.3 is 0 Å². The SMILES string of the molecule is NS(=O)(=O)c1cc(NCCCNc2ccccc2)cc([N+](=O)[O-])c1. The molecule has 0 fully saturated rings. The molecule has 0 bridgehead atoms. The monoisotopic (exact) mass is 350 g/mol. The molecule has 0 amide bonds. The van der Waals surface area contributed by atoms with E-state index in [1.54, 1.807) is 0 Å². The Balaban J connectivity index is 1.94. The molecule has 0 aromatic heterocycles. The summed E-state index contributed by atoms with van der Waals surface area (Å²) in [5, 5.41) is 22.2. The Hall–Kier alpha value is -2.65. The summed E-state index contributed by atoms with van der Waals surface area (Å²) in [7, 11) is -4.01. The molecule has 0 aliphatic rings. The summed E-state index contributed by atoms with van der Waals surface area (Å²) < 4.78 is 22.8. The molecular weight excluding hydrogens is 332 g/mol. The number of para-hydroxylation sites is 1. The van der Waals surface area contributed by atoms with Crippen LogP contribution in [-0.4, -0.2) is 26.4 Å². The van der Waals surface area contributed by atoms with Gasteiger partial charge in [0.2, 0.25) is 10.0 Å². The molecule has 2 rings (SSSR count). The number of hydrogen-bond acceptors (Lipinski definition) is 6. The van der Waals surface area contributed by atoms with Crippen LogP contribution in [0.5, 0.6) is 0 Å². The Morgan fingerprint density at radius 1 is 1.00 bits per heavy atom. The number of non-ortho nitro benzene ring substituents is 1. The molecule has 0 unspecified atom stereocenters. The zero-order valence-electron chi connectivity index (χ0n) is 12.8. The number of rotatable bonds is 8. The number of benzene rings is 2. The van der Waals surface area contributed by atoms with Crippen LogP contribution in [0.3, 0.4) is 0 Å². The van der Waals surface area contributed by atoms with Crippen LogP contribution < -0.4 is 15.8 Å². The van der Waals surface area contributed by atoms with Crippen molar-refractivity contribution in [2.24, 2.45) is 5.14 Å². The molecule has 0 heterocycles. The molecule has 24 heavy (non-hydrogen) atoms. The minimum atomic E-state index is -4.01. The van der Waals surface area contributed by atoms with E-state index in [1.807, 2.05) is 30.3 Å². The third-order valence-corrected chi connectivity index (χ3v) is 4.11. The van der Waals surface area contributed by atoms with Crippen LogP contribution >= 0.6 is 0 Å². The highest BCUT2D eigenvalue weighted by Gasteiger charge is 2.16. The van der Waals surface area contributed by atoms with Gasteiger partial charge in [0.1, 0.15) is 0 Å². The average molecular weight is 350 g/mol. The molecule has 0 saturated carbocycles. The third-order valence-electron chi connectivity index (χ3n) is 3.22. The summed E-state index contributed by atoms with van der Waals surface area (Å²) in [6.07, 6.45) is 0.738. The summed E-state index contributed by atoms with van der Waals surface area (Å²) in [4.78, 5) is 9.95. The van der Waals surface area contributed by atoms with Crippen molar-refractivity contribution in [2.45, 2.75) is 11.3 Å². The Morgan fingerprint density at radius 3 is 2.21 bits per heavy atom. The van der Waals surface area contributed by atoms with Crippen molar-refractivity contribution in [3.8, 4) is 0 Å². The summed E-state index contributed by atoms with van der Waals surface area (Å²) >= 11 is 0. The molecule has 0 saturated heterocycles. The molecule has 2 aromatic carbocycles. The minimum absolute atomic E-state index is 0.290. The minimum Gasteiger partial charge on any atom is -0.385 e. The molecule has 0 aliphatic carbocycles. The van der Waals surface area contributed by atoms with E-state index in [9.17, 15) is 18.5 Å². The van der Waals surface area contributed by atoms with E-state index in [-0.39, 0.29) is 10.6 Å². The molecule has 9 heteroatoms. The van der Waals surface area contributed by atoms with E-state index < -0.39 is 14.9 Å².